The van der Waals surface area contributed by atoms with Crippen molar-refractivity contribution in [3.63, 3.8) is 0 Å². The van der Waals surface area contributed by atoms with Gasteiger partial charge in [0.2, 0.25) is 0 Å². The lowest BCUT2D eigenvalue weighted by atomic mass is 9.92. The van der Waals surface area contributed by atoms with E-state index in [2.05, 4.69) is 68.4 Å². The topological polar surface area (TPSA) is 696 Å². The monoisotopic (exact) mass is 2180 g/mol. The highest BCUT2D eigenvalue weighted by Crippen LogP contribution is 2.52. The molecule has 11 atom stereocenters. The Morgan fingerprint density at radius 1 is 0.357 bits per heavy atom. The molecule has 47 nitrogen and oxygen atoms in total. The number of unbranched alkanes of at least 4 members (excludes halogenated alkanes) is 8. The summed E-state index contributed by atoms with van der Waals surface area (Å²) in [6.07, 6.45) is 6.57. The van der Waals surface area contributed by atoms with Crippen molar-refractivity contribution in [2.45, 2.75) is 136 Å². The van der Waals surface area contributed by atoms with Crippen molar-refractivity contribution in [2.75, 3.05) is 117 Å². The Morgan fingerprint density at radius 3 is 1.11 bits per heavy atom. The number of amides is 2. The lowest BCUT2D eigenvalue weighted by molar-refractivity contribution is -0.311. The van der Waals surface area contributed by atoms with Gasteiger partial charge in [0.15, 0.2) is 10.9 Å². The molecule has 4 aliphatic rings. The zero-order chi connectivity index (χ0) is 102. The summed E-state index contributed by atoms with van der Waals surface area (Å²) in [7, 11) is -44.8. The number of rotatable bonds is 74. The first-order valence-corrected chi connectivity index (χ1v) is 59.6. The van der Waals surface area contributed by atoms with Gasteiger partial charge in [-0.1, -0.05) is 112 Å². The molecule has 782 valence electrons. The van der Waals surface area contributed by atoms with Crippen LogP contribution in [0.25, 0.3) is 66.8 Å². The van der Waals surface area contributed by atoms with E-state index >= 15 is 0 Å². The van der Waals surface area contributed by atoms with E-state index in [1.54, 1.807) is 108 Å². The van der Waals surface area contributed by atoms with Gasteiger partial charge in [-0.05, 0) is 160 Å². The molecule has 11 unspecified atom stereocenters. The van der Waals surface area contributed by atoms with Crippen LogP contribution >= 0.6 is 92.0 Å². The van der Waals surface area contributed by atoms with Crippen molar-refractivity contribution in [2.24, 2.45) is 17.8 Å². The number of phenols is 2. The number of hydrogen-bond acceptors (Lipinski definition) is 47. The second-order valence-corrected chi connectivity index (χ2v) is 46.1. The van der Waals surface area contributed by atoms with Gasteiger partial charge in [-0.15, -0.1) is 0 Å². The van der Waals surface area contributed by atoms with Crippen LogP contribution in [-0.2, 0) is 128 Å². The SMILES string of the molecule is CCCCCCSSCCCCCCOP(=O)([O-])OOP(=O)([O-])OCC(CCCCNC(=O)c1cccc(-c2c3ccc(=O)cc-3oc3cc(O)ccc23)c1)COP(=O)([O-])OCCCOP(=O)([O-])OOCCOP(=O)([O-])OCCCOP(=O)([O-])OCC(CCCCNC(=O)c1cccc(-c2c3ccc(=O)cc-3oc3cc(O)ccc23)c1)COP(=O)([O-])OCCCOP(=O)([O-])OOP(=O)([O-])OCCC(C)C. The first-order valence-electron chi connectivity index (χ1n) is 44.0. The van der Waals surface area contributed by atoms with E-state index in [0.29, 0.717) is 57.0 Å². The number of phosphoric ester groups is 9. The van der Waals surface area contributed by atoms with E-state index in [9.17, 15) is 115 Å². The number of benzene rings is 6. The van der Waals surface area contributed by atoms with Crippen molar-refractivity contribution >= 4 is 126 Å². The van der Waals surface area contributed by atoms with Crippen LogP contribution in [0.1, 0.15) is 157 Å². The van der Waals surface area contributed by atoms with Crippen molar-refractivity contribution in [1.82, 2.24) is 10.6 Å². The molecule has 0 spiro atoms. The van der Waals surface area contributed by atoms with Gasteiger partial charge >= 0.3 is 0 Å². The minimum atomic E-state index is -5.66. The number of hydrogen-bond donors (Lipinski definition) is 4. The molecule has 0 saturated heterocycles. The van der Waals surface area contributed by atoms with Crippen LogP contribution in [0.4, 0.5) is 0 Å². The summed E-state index contributed by atoms with van der Waals surface area (Å²) in [6, 6.07) is 30.4. The molecule has 0 bridgehead atoms. The second-order valence-electron chi connectivity index (χ2n) is 31.3. The van der Waals surface area contributed by atoms with Gasteiger partial charge in [0.25, 0.3) is 82.2 Å². The average Bonchev–Trinajstić information content (AvgIpc) is 0.757. The fraction of sp³-hybridized carbons (Fsp3) is 0.512. The summed E-state index contributed by atoms with van der Waals surface area (Å²) < 4.78 is 207. The van der Waals surface area contributed by atoms with Crippen LogP contribution in [-0.4, -0.2) is 139 Å². The van der Waals surface area contributed by atoms with Crippen molar-refractivity contribution in [3.05, 3.63) is 153 Å². The molecule has 58 heteroatoms. The number of nitrogens with one attached hydrogen (secondary N) is 2. The average molecular weight is 2180 g/mol. The Bertz CT molecular complexity index is 5780. The lowest BCUT2D eigenvalue weighted by Gasteiger charge is -2.29. The number of fused-ring (bicyclic) bond motifs is 4. The highest BCUT2D eigenvalue weighted by Gasteiger charge is 2.28. The minimum absolute atomic E-state index is 0.0160. The van der Waals surface area contributed by atoms with Gasteiger partial charge in [0.1, 0.15) is 40.8 Å². The molecule has 0 aromatic heterocycles. The first-order chi connectivity index (χ1) is 66.3. The predicted octanol–water partition coefficient (Wildman–Crippen LogP) is 12.6. The molecule has 4 aromatic carbocycles. The van der Waals surface area contributed by atoms with Gasteiger partial charge < -0.3 is 133 Å². The highest BCUT2D eigenvalue weighted by molar-refractivity contribution is 8.76. The van der Waals surface area contributed by atoms with Crippen LogP contribution in [0.15, 0.2) is 140 Å². The smallest absolute Gasteiger partial charge is 0.298 e. The van der Waals surface area contributed by atoms with Crippen LogP contribution in [0.2, 0.25) is 0 Å². The van der Waals surface area contributed by atoms with E-state index in [0.717, 1.165) is 37.2 Å². The molecule has 0 radical (unpaired) electrons. The van der Waals surface area contributed by atoms with E-state index in [1.165, 1.54) is 61.4 Å². The molecule has 4 aromatic rings. The maximum Gasteiger partial charge on any atom is 0.298 e. The standard InChI is InChI=1S/C82H117N2O45P9S2/c1-4-5-6-14-48-139-140-49-15-8-7-13-38-114-135(101,102)128-129-138(107,108)122-59-62(22-10-12-37-84-82(90)66-26-17-24-64(51-66)80-73-33-29-69(87)54-77(73)124-78-55-70(88)30-34-74(78)80)58-121-133(97,98)112-41-19-43-115-134(99,100)125-109-46-47-118-130(91,92)110-39-18-40-111-131(93,94)119-56-61(57-120-132(95,96)113-42-20-44-116-136(103,104)126-127-137(105,106)117-45-35-60(2)3)21-9-11-36-83-81(89)65-25-16-23-63(50-65)79-71-31-27-67(85)52-75(71)123-76-53-68(86)28-32-72(76)79/h16-17,23-34,50-55,60-62,85,87H,4-15,18-22,35-49,56-59H2,1-3H3,(H,83,89)(H,84,90)(H,91,92)(H,93,94)(H,95,96)(H,97,98)(H,99,100)(H,101,102)(H,103,104)(H,105,106)(H,107,108)/p-9. The third-order valence-electron chi connectivity index (χ3n) is 19.5. The van der Waals surface area contributed by atoms with Crippen molar-refractivity contribution < 1.29 is 201 Å². The third kappa shape index (κ3) is 45.8. The fourth-order valence-electron chi connectivity index (χ4n) is 12.8. The van der Waals surface area contributed by atoms with Crippen molar-refractivity contribution in [1.29, 1.82) is 0 Å². The van der Waals surface area contributed by atoms with E-state index in [-0.39, 0.29) is 133 Å². The minimum Gasteiger partial charge on any atom is -0.756 e. The second kappa shape index (κ2) is 59.4. The summed E-state index contributed by atoms with van der Waals surface area (Å²) in [5.41, 5.74) is 3.69. The van der Waals surface area contributed by atoms with E-state index in [1.807, 2.05) is 0 Å². The van der Waals surface area contributed by atoms with Gasteiger partial charge in [0, 0.05) is 105 Å². The normalized spacial score (nSPS) is 16.4. The van der Waals surface area contributed by atoms with Crippen LogP contribution < -0.4 is 65.5 Å². The molecule has 2 heterocycles. The van der Waals surface area contributed by atoms with Gasteiger partial charge in [0.05, 0.1) is 85.9 Å². The van der Waals surface area contributed by atoms with Crippen LogP contribution in [0.3, 0.4) is 0 Å². The summed E-state index contributed by atoms with van der Waals surface area (Å²) in [5.74, 6) is -1.07. The molecule has 2 aliphatic carbocycles. The molecule has 8 rings (SSSR count). The highest BCUT2D eigenvalue weighted by atomic mass is 33.1. The maximum atomic E-state index is 13.6. The zero-order valence-corrected chi connectivity index (χ0v) is 85.7. The molecule has 4 N–H and O–H groups in total. The number of carbonyl (C=O) groups is 2. The summed E-state index contributed by atoms with van der Waals surface area (Å²) in [6.45, 7) is -5.02. The molecule has 2 aliphatic heterocycles. The molecule has 2 amide bonds. The Morgan fingerprint density at radius 2 is 0.707 bits per heavy atom. The number of phosphoric acid groups is 9. The van der Waals surface area contributed by atoms with Crippen LogP contribution in [0.5, 0.6) is 11.5 Å². The number of aromatic hydroxyl groups is 2. The van der Waals surface area contributed by atoms with E-state index in [4.69, 9.17) is 45.0 Å². The summed E-state index contributed by atoms with van der Waals surface area (Å²) in [5, 5.41) is 27.1. The maximum absolute atomic E-state index is 13.6. The van der Waals surface area contributed by atoms with Gasteiger partial charge in [-0.25, -0.2) is 4.89 Å². The Balaban J connectivity index is 0.742. The predicted molar refractivity (Wildman–Crippen MR) is 490 cm³/mol. The summed E-state index contributed by atoms with van der Waals surface area (Å²) in [4.78, 5) is 169. The Kier molecular flexibility index (Phi) is 50.8. The molecule has 140 heavy (non-hydrogen) atoms. The first kappa shape index (κ1) is 120. The zero-order valence-electron chi connectivity index (χ0n) is 76.0. The van der Waals surface area contributed by atoms with Gasteiger partial charge in [-0.2, -0.15) is 23.4 Å². The van der Waals surface area contributed by atoms with Crippen molar-refractivity contribution in [3.8, 4) is 56.4 Å². The molecule has 0 saturated carbocycles. The van der Waals surface area contributed by atoms with E-state index < -0.39 is 193 Å². The number of carbonyl (C=O) groups excluding carboxylic acids is 2. The molecule has 0 fully saturated rings. The Hall–Kier alpha value is -5.55. The molecular weight excluding hydrogens is 2080 g/mol. The largest absolute Gasteiger partial charge is 0.756 e. The molecular formula is C82H108N2O45P9S2-9. The van der Waals surface area contributed by atoms with Crippen LogP contribution in [0, 0.1) is 17.8 Å². The third-order valence-corrected chi connectivity index (χ3v) is 30.0. The fourth-order valence-corrected chi connectivity index (χ4v) is 21.7. The quantitative estimate of drug-likeness (QED) is 0.00687. The number of phenolic OH excluding ortho intramolecular Hbond substituents is 2. The van der Waals surface area contributed by atoms with Gasteiger partial charge in [-0.3, -0.25) is 60.3 Å². The lowest BCUT2D eigenvalue weighted by Crippen LogP contribution is -2.25. The summed E-state index contributed by atoms with van der Waals surface area (Å²) >= 11 is 0. The Labute approximate surface area is 813 Å².